The summed E-state index contributed by atoms with van der Waals surface area (Å²) in [4.78, 5) is 11.8. The maximum Gasteiger partial charge on any atom is 0.181 e. The van der Waals surface area contributed by atoms with Gasteiger partial charge in [0.25, 0.3) is 0 Å². The Morgan fingerprint density at radius 1 is 1.35 bits per heavy atom. The zero-order chi connectivity index (χ0) is 13.1. The van der Waals surface area contributed by atoms with Crippen LogP contribution in [0.4, 0.5) is 0 Å². The summed E-state index contributed by atoms with van der Waals surface area (Å²) in [6.07, 6.45) is 8.27. The van der Waals surface area contributed by atoms with Crippen LogP contribution in [0, 0.1) is 5.41 Å². The number of ketones is 1. The van der Waals surface area contributed by atoms with Gasteiger partial charge in [0.15, 0.2) is 5.78 Å². The molecule has 0 radical (unpaired) electrons. The van der Waals surface area contributed by atoms with Crippen molar-refractivity contribution < 1.29 is 9.90 Å². The van der Waals surface area contributed by atoms with E-state index in [1.807, 2.05) is 13.0 Å². The zero-order valence-electron chi connectivity index (χ0n) is 11.2. The standard InChI is InChI=1S/C15H22O2/c1-11-5-7-15(3,4)8-6-14(17)12(2)10-13(16)9-11/h5-6,8,10,13,16H,7,9H2,1-4H3/b8-6+,11-5+,12-10+/t13-/m0/s1. The summed E-state index contributed by atoms with van der Waals surface area (Å²) in [5, 5.41) is 9.82. The number of rotatable bonds is 0. The van der Waals surface area contributed by atoms with Crippen molar-refractivity contribution >= 4 is 5.78 Å². The predicted octanol–water partition coefficient (Wildman–Crippen LogP) is 3.19. The van der Waals surface area contributed by atoms with Gasteiger partial charge in [-0.3, -0.25) is 4.79 Å². The summed E-state index contributed by atoms with van der Waals surface area (Å²) in [5.41, 5.74) is 1.75. The van der Waals surface area contributed by atoms with Gasteiger partial charge in [-0.15, -0.1) is 0 Å². The first-order chi connectivity index (χ1) is 7.80. The molecule has 2 heteroatoms. The molecule has 0 heterocycles. The second-order valence-corrected chi connectivity index (χ2v) is 5.56. The van der Waals surface area contributed by atoms with Crippen molar-refractivity contribution in [1.82, 2.24) is 0 Å². The van der Waals surface area contributed by atoms with Gasteiger partial charge < -0.3 is 5.11 Å². The molecule has 0 fully saturated rings. The lowest BCUT2D eigenvalue weighted by Crippen LogP contribution is -2.07. The Hall–Kier alpha value is -1.15. The smallest absolute Gasteiger partial charge is 0.181 e. The topological polar surface area (TPSA) is 37.3 Å². The molecule has 0 aromatic carbocycles. The van der Waals surface area contributed by atoms with Gasteiger partial charge >= 0.3 is 0 Å². The second-order valence-electron chi connectivity index (χ2n) is 5.56. The van der Waals surface area contributed by atoms with E-state index in [0.29, 0.717) is 12.0 Å². The molecular formula is C15H22O2. The molecule has 1 aliphatic carbocycles. The third kappa shape index (κ3) is 4.70. The Morgan fingerprint density at radius 3 is 2.65 bits per heavy atom. The van der Waals surface area contributed by atoms with Crippen LogP contribution >= 0.6 is 0 Å². The number of carbonyl (C=O) groups excluding carboxylic acids is 1. The highest BCUT2D eigenvalue weighted by Crippen LogP contribution is 2.25. The molecule has 94 valence electrons. The molecule has 0 aliphatic heterocycles. The molecule has 17 heavy (non-hydrogen) atoms. The molecular weight excluding hydrogens is 212 g/mol. The number of hydrogen-bond acceptors (Lipinski definition) is 2. The van der Waals surface area contributed by atoms with Crippen molar-refractivity contribution in [3.63, 3.8) is 0 Å². The predicted molar refractivity (Wildman–Crippen MR) is 70.7 cm³/mol. The van der Waals surface area contributed by atoms with Crippen molar-refractivity contribution in [2.75, 3.05) is 0 Å². The molecule has 0 aromatic rings. The van der Waals surface area contributed by atoms with Crippen LogP contribution in [0.2, 0.25) is 0 Å². The minimum absolute atomic E-state index is 0.0170. The minimum atomic E-state index is -0.565. The SMILES string of the molecule is C/C1=C\CC(C)(C)/C=C/C(=O)/C(C)=C/[C@@H](O)C1. The summed E-state index contributed by atoms with van der Waals surface area (Å²) < 4.78 is 0. The van der Waals surface area contributed by atoms with Crippen LogP contribution in [0.5, 0.6) is 0 Å². The molecule has 0 aromatic heterocycles. The van der Waals surface area contributed by atoms with E-state index in [9.17, 15) is 9.90 Å². The lowest BCUT2D eigenvalue weighted by Gasteiger charge is -2.18. The minimum Gasteiger partial charge on any atom is -0.389 e. The normalized spacial score (nSPS) is 33.9. The van der Waals surface area contributed by atoms with Gasteiger partial charge in [-0.2, -0.15) is 0 Å². The number of hydrogen-bond donors (Lipinski definition) is 1. The van der Waals surface area contributed by atoms with Gasteiger partial charge in [0.1, 0.15) is 0 Å². The Bertz CT molecular complexity index is 384. The van der Waals surface area contributed by atoms with Crippen LogP contribution in [0.1, 0.15) is 40.5 Å². The maximum atomic E-state index is 11.8. The summed E-state index contributed by atoms with van der Waals surface area (Å²) in [6.45, 7) is 7.98. The van der Waals surface area contributed by atoms with E-state index in [-0.39, 0.29) is 11.2 Å². The van der Waals surface area contributed by atoms with Crippen molar-refractivity contribution in [3.05, 3.63) is 35.5 Å². The molecule has 0 saturated carbocycles. The van der Waals surface area contributed by atoms with E-state index in [1.165, 1.54) is 0 Å². The van der Waals surface area contributed by atoms with E-state index in [2.05, 4.69) is 19.9 Å². The van der Waals surface area contributed by atoms with Gasteiger partial charge in [-0.1, -0.05) is 31.6 Å². The van der Waals surface area contributed by atoms with Gasteiger partial charge in [0, 0.05) is 0 Å². The fraction of sp³-hybridized carbons (Fsp3) is 0.533. The van der Waals surface area contributed by atoms with Crippen LogP contribution in [0.15, 0.2) is 35.5 Å². The molecule has 2 nitrogen and oxygen atoms in total. The zero-order valence-corrected chi connectivity index (χ0v) is 11.2. The summed E-state index contributed by atoms with van der Waals surface area (Å²) in [7, 11) is 0. The van der Waals surface area contributed by atoms with Gasteiger partial charge in [-0.25, -0.2) is 0 Å². The Kier molecular flexibility index (Phi) is 4.47. The Morgan fingerprint density at radius 2 is 2.00 bits per heavy atom. The number of aliphatic hydroxyl groups is 1. The van der Waals surface area contributed by atoms with Crippen LogP contribution in [0.3, 0.4) is 0 Å². The summed E-state index contributed by atoms with van der Waals surface area (Å²) in [6, 6.07) is 0. The van der Waals surface area contributed by atoms with Crippen molar-refractivity contribution in [2.45, 2.75) is 46.6 Å². The molecule has 0 saturated heterocycles. The van der Waals surface area contributed by atoms with Crippen LogP contribution in [0.25, 0.3) is 0 Å². The third-order valence-electron chi connectivity index (χ3n) is 3.02. The molecule has 1 aliphatic rings. The van der Waals surface area contributed by atoms with Crippen LogP contribution in [-0.2, 0) is 4.79 Å². The molecule has 1 N–H and O–H groups in total. The second kappa shape index (κ2) is 5.46. The average molecular weight is 234 g/mol. The molecule has 0 unspecified atom stereocenters. The van der Waals surface area contributed by atoms with Crippen LogP contribution in [-0.4, -0.2) is 17.0 Å². The monoisotopic (exact) mass is 234 g/mol. The summed E-state index contributed by atoms with van der Waals surface area (Å²) in [5.74, 6) is -0.0170. The van der Waals surface area contributed by atoms with E-state index in [4.69, 9.17) is 0 Å². The van der Waals surface area contributed by atoms with Crippen LogP contribution < -0.4 is 0 Å². The van der Waals surface area contributed by atoms with Gasteiger partial charge in [0.2, 0.25) is 0 Å². The average Bonchev–Trinajstić information content (AvgIpc) is 2.23. The van der Waals surface area contributed by atoms with Crippen molar-refractivity contribution in [3.8, 4) is 0 Å². The third-order valence-corrected chi connectivity index (χ3v) is 3.02. The van der Waals surface area contributed by atoms with Gasteiger partial charge in [0.05, 0.1) is 6.10 Å². The highest BCUT2D eigenvalue weighted by Gasteiger charge is 2.15. The first-order valence-corrected chi connectivity index (χ1v) is 6.06. The fourth-order valence-corrected chi connectivity index (χ4v) is 1.78. The van der Waals surface area contributed by atoms with E-state index in [1.54, 1.807) is 19.1 Å². The first-order valence-electron chi connectivity index (χ1n) is 6.06. The first kappa shape index (κ1) is 13.9. The quantitative estimate of drug-likeness (QED) is 0.654. The molecule has 1 rings (SSSR count). The van der Waals surface area contributed by atoms with E-state index >= 15 is 0 Å². The molecule has 0 spiro atoms. The molecule has 0 amide bonds. The molecule has 0 bridgehead atoms. The number of aliphatic hydroxyl groups excluding tert-OH is 1. The van der Waals surface area contributed by atoms with E-state index in [0.717, 1.165) is 12.0 Å². The largest absolute Gasteiger partial charge is 0.389 e. The molecule has 1 atom stereocenters. The van der Waals surface area contributed by atoms with E-state index < -0.39 is 6.10 Å². The summed E-state index contributed by atoms with van der Waals surface area (Å²) >= 11 is 0. The highest BCUT2D eigenvalue weighted by molar-refractivity contribution is 6.03. The lowest BCUT2D eigenvalue weighted by molar-refractivity contribution is -0.111. The van der Waals surface area contributed by atoms with Crippen molar-refractivity contribution in [2.24, 2.45) is 5.41 Å². The maximum absolute atomic E-state index is 11.8. The van der Waals surface area contributed by atoms with Crippen molar-refractivity contribution in [1.29, 1.82) is 0 Å². The lowest BCUT2D eigenvalue weighted by atomic mass is 9.87. The Labute approximate surface area is 104 Å². The Balaban J connectivity index is 3.05. The highest BCUT2D eigenvalue weighted by atomic mass is 16.3. The number of allylic oxidation sites excluding steroid dienone is 4. The fourth-order valence-electron chi connectivity index (χ4n) is 1.78. The van der Waals surface area contributed by atoms with Gasteiger partial charge in [-0.05, 0) is 49.8 Å². The number of carbonyl (C=O) groups is 1.